The lowest BCUT2D eigenvalue weighted by Crippen LogP contribution is -2.24. The van der Waals surface area contributed by atoms with Gasteiger partial charge < -0.3 is 25.3 Å². The molecule has 9 rings (SSSR count). The van der Waals surface area contributed by atoms with E-state index in [0.717, 1.165) is 60.8 Å². The fraction of sp³-hybridized carbons (Fsp3) is 0.133. The molecule has 0 saturated heterocycles. The summed E-state index contributed by atoms with van der Waals surface area (Å²) in [4.78, 5) is 46.2. The number of hydrogen-bond acceptors (Lipinski definition) is 8. The number of nitrogens with zero attached hydrogens (tertiary/aromatic N) is 7. The fourth-order valence-electron chi connectivity index (χ4n) is 7.15. The average Bonchev–Trinajstić information content (AvgIpc) is 3.76. The number of carboxylic acid groups (broad SMARTS) is 1. The molecule has 59 heavy (non-hydrogen) atoms. The van der Waals surface area contributed by atoms with Crippen molar-refractivity contribution in [1.29, 1.82) is 0 Å². The number of amides is 1. The van der Waals surface area contributed by atoms with E-state index >= 15 is 0 Å². The molecule has 7 heterocycles. The Balaban J connectivity index is 0.000000186. The Morgan fingerprint density at radius 1 is 0.729 bits per heavy atom. The van der Waals surface area contributed by atoms with E-state index in [9.17, 15) is 14.7 Å². The van der Waals surface area contributed by atoms with Crippen LogP contribution >= 0.6 is 23.2 Å². The Hall–Kier alpha value is -6.89. The number of nitrogen functional groups attached to an aromatic ring is 1. The van der Waals surface area contributed by atoms with Crippen molar-refractivity contribution in [3.63, 3.8) is 0 Å². The van der Waals surface area contributed by atoms with Crippen LogP contribution in [0.4, 0.5) is 5.82 Å². The van der Waals surface area contributed by atoms with Gasteiger partial charge in [0.05, 0.1) is 37.7 Å². The summed E-state index contributed by atoms with van der Waals surface area (Å²) in [6, 6.07) is 25.1. The molecule has 0 aliphatic carbocycles. The van der Waals surface area contributed by atoms with Crippen molar-refractivity contribution in [2.45, 2.75) is 40.9 Å². The lowest BCUT2D eigenvalue weighted by Gasteiger charge is -2.11. The van der Waals surface area contributed by atoms with Crippen molar-refractivity contribution in [2.24, 2.45) is 0 Å². The van der Waals surface area contributed by atoms with E-state index in [1.165, 1.54) is 0 Å². The van der Waals surface area contributed by atoms with Gasteiger partial charge >= 0.3 is 5.97 Å². The number of pyridine rings is 5. The second-order valence-corrected chi connectivity index (χ2v) is 14.7. The van der Waals surface area contributed by atoms with Gasteiger partial charge in [-0.1, -0.05) is 42.8 Å². The maximum absolute atomic E-state index is 13.2. The highest BCUT2D eigenvalue weighted by Gasteiger charge is 2.18. The van der Waals surface area contributed by atoms with Gasteiger partial charge in [-0.25, -0.2) is 9.78 Å². The Morgan fingerprint density at radius 3 is 1.78 bits per heavy atom. The summed E-state index contributed by atoms with van der Waals surface area (Å²) in [6.45, 7) is 5.34. The minimum atomic E-state index is -0.980. The molecular formula is C45H39Cl2N9O3. The highest BCUT2D eigenvalue weighted by atomic mass is 35.5. The maximum atomic E-state index is 13.2. The van der Waals surface area contributed by atoms with E-state index in [1.54, 1.807) is 37.1 Å². The van der Waals surface area contributed by atoms with Crippen LogP contribution in [-0.2, 0) is 19.6 Å². The predicted molar refractivity (Wildman–Crippen MR) is 234 cm³/mol. The Kier molecular flexibility index (Phi) is 11.6. The standard InChI is InChI=1S/C26H23ClN6O.C18H12ClN3O2.CH4/c1-15-8-24(28)32-16(2)20(15)12-31-26(34)21-14-33(23-4-3-7-29-25(21)23)13-17-5-6-22-18(9-17)10-19(27)11-30-22;19-13-7-12-6-11(3-4-15(12)21-8-13)9-22-10-14(18(23)24)17-16(22)2-1-5-20-17;/h3-11,14H,12-13H2,1-2H3,(H2,28,32)(H,31,34);1-8,10H,9H2,(H,23,24);1H4. The van der Waals surface area contributed by atoms with Crippen molar-refractivity contribution < 1.29 is 14.7 Å². The van der Waals surface area contributed by atoms with Crippen LogP contribution in [0.25, 0.3) is 43.9 Å². The number of anilines is 1. The number of nitrogens with one attached hydrogen (secondary N) is 1. The molecule has 9 aromatic rings. The first kappa shape index (κ1) is 40.3. The molecule has 296 valence electrons. The number of fused-ring (bicyclic) bond motifs is 4. The Bertz CT molecular complexity index is 3030. The molecule has 4 N–H and O–H groups in total. The van der Waals surface area contributed by atoms with Gasteiger partial charge in [-0.15, -0.1) is 0 Å². The summed E-state index contributed by atoms with van der Waals surface area (Å²) < 4.78 is 3.93. The summed E-state index contributed by atoms with van der Waals surface area (Å²) >= 11 is 12.1. The predicted octanol–water partition coefficient (Wildman–Crippen LogP) is 9.43. The molecule has 14 heteroatoms. The van der Waals surface area contributed by atoms with Gasteiger partial charge in [0.25, 0.3) is 5.91 Å². The molecule has 0 aliphatic heterocycles. The van der Waals surface area contributed by atoms with Crippen LogP contribution < -0.4 is 11.1 Å². The van der Waals surface area contributed by atoms with Gasteiger partial charge in [0.2, 0.25) is 0 Å². The topological polar surface area (TPSA) is 167 Å². The lowest BCUT2D eigenvalue weighted by molar-refractivity contribution is 0.0698. The van der Waals surface area contributed by atoms with Crippen LogP contribution in [0.1, 0.15) is 56.1 Å². The van der Waals surface area contributed by atoms with E-state index in [1.807, 2.05) is 95.9 Å². The van der Waals surface area contributed by atoms with E-state index in [0.29, 0.717) is 52.1 Å². The molecule has 0 aliphatic rings. The van der Waals surface area contributed by atoms with Crippen molar-refractivity contribution in [2.75, 3.05) is 5.73 Å². The third-order valence-electron chi connectivity index (χ3n) is 9.88. The lowest BCUT2D eigenvalue weighted by atomic mass is 10.1. The van der Waals surface area contributed by atoms with Gasteiger partial charge in [0.15, 0.2) is 0 Å². The average molecular weight is 825 g/mol. The molecule has 0 atom stereocenters. The van der Waals surface area contributed by atoms with Crippen molar-refractivity contribution in [3.05, 3.63) is 165 Å². The SMILES string of the molecule is C.Cc1cc(N)nc(C)c1CNC(=O)c1cn(Cc2ccc3ncc(Cl)cc3c2)c2cccnc12.O=C(O)c1cn(Cc2ccc3ncc(Cl)cc3c2)c2cccnc12. The van der Waals surface area contributed by atoms with E-state index in [4.69, 9.17) is 28.9 Å². The highest BCUT2D eigenvalue weighted by molar-refractivity contribution is 6.31. The zero-order valence-electron chi connectivity index (χ0n) is 31.3. The molecule has 0 unspecified atom stereocenters. The zero-order chi connectivity index (χ0) is 40.5. The Morgan fingerprint density at radius 2 is 1.25 bits per heavy atom. The number of benzene rings is 2. The second-order valence-electron chi connectivity index (χ2n) is 13.9. The number of aryl methyl sites for hydroxylation is 2. The molecular weight excluding hydrogens is 785 g/mol. The van der Waals surface area contributed by atoms with E-state index in [2.05, 4.69) is 36.3 Å². The third-order valence-corrected chi connectivity index (χ3v) is 10.3. The molecule has 1 amide bonds. The smallest absolute Gasteiger partial charge is 0.339 e. The summed E-state index contributed by atoms with van der Waals surface area (Å²) in [5, 5.41) is 15.5. The van der Waals surface area contributed by atoms with Crippen LogP contribution in [0.2, 0.25) is 10.0 Å². The minimum absolute atomic E-state index is 0. The summed E-state index contributed by atoms with van der Waals surface area (Å²) in [7, 11) is 0. The summed E-state index contributed by atoms with van der Waals surface area (Å²) in [5.74, 6) is -0.691. The van der Waals surface area contributed by atoms with E-state index < -0.39 is 5.97 Å². The summed E-state index contributed by atoms with van der Waals surface area (Å²) in [5.41, 5.74) is 16.0. The molecule has 7 aromatic heterocycles. The van der Waals surface area contributed by atoms with Gasteiger partial charge in [-0.05, 0) is 103 Å². The number of nitrogens with two attached hydrogens (primary N) is 1. The van der Waals surface area contributed by atoms with Crippen LogP contribution in [0.5, 0.6) is 0 Å². The number of aromatic nitrogens is 7. The molecule has 0 bridgehead atoms. The van der Waals surface area contributed by atoms with Crippen LogP contribution in [0.15, 0.2) is 116 Å². The molecule has 0 fully saturated rings. The molecule has 0 spiro atoms. The van der Waals surface area contributed by atoms with E-state index in [-0.39, 0.29) is 18.9 Å². The first-order valence-electron chi connectivity index (χ1n) is 18.2. The van der Waals surface area contributed by atoms with Crippen molar-refractivity contribution in [3.8, 4) is 0 Å². The number of carbonyl (C=O) groups excluding carboxylic acids is 1. The van der Waals surface area contributed by atoms with Gasteiger partial charge in [-0.2, -0.15) is 0 Å². The number of aromatic carboxylic acids is 1. The monoisotopic (exact) mass is 823 g/mol. The van der Waals surface area contributed by atoms with Crippen LogP contribution in [-0.4, -0.2) is 51.0 Å². The first-order chi connectivity index (χ1) is 28.0. The normalized spacial score (nSPS) is 11.1. The first-order valence-corrected chi connectivity index (χ1v) is 19.0. The van der Waals surface area contributed by atoms with Crippen molar-refractivity contribution >= 4 is 84.8 Å². The Labute approximate surface area is 349 Å². The quantitative estimate of drug-likeness (QED) is 0.135. The fourth-order valence-corrected chi connectivity index (χ4v) is 7.48. The number of carbonyl (C=O) groups is 2. The minimum Gasteiger partial charge on any atom is -0.478 e. The van der Waals surface area contributed by atoms with Gasteiger partial charge in [-0.3, -0.25) is 24.7 Å². The number of halogens is 2. The third kappa shape index (κ3) is 8.54. The van der Waals surface area contributed by atoms with Gasteiger partial charge in [0, 0.05) is 73.3 Å². The number of rotatable bonds is 8. The maximum Gasteiger partial charge on any atom is 0.339 e. The molecule has 12 nitrogen and oxygen atoms in total. The highest BCUT2D eigenvalue weighted by Crippen LogP contribution is 2.25. The molecule has 0 radical (unpaired) electrons. The summed E-state index contributed by atoms with van der Waals surface area (Å²) in [6.07, 6.45) is 10.0. The number of hydrogen-bond donors (Lipinski definition) is 3. The van der Waals surface area contributed by atoms with Crippen LogP contribution in [0.3, 0.4) is 0 Å². The zero-order valence-corrected chi connectivity index (χ0v) is 32.8. The largest absolute Gasteiger partial charge is 0.478 e. The van der Waals surface area contributed by atoms with Crippen molar-refractivity contribution in [1.82, 2.24) is 39.4 Å². The number of carboxylic acids is 1. The van der Waals surface area contributed by atoms with Gasteiger partial charge in [0.1, 0.15) is 22.4 Å². The molecule has 0 saturated carbocycles. The molecule has 2 aromatic carbocycles. The van der Waals surface area contributed by atoms with Crippen LogP contribution in [0, 0.1) is 13.8 Å². The second kappa shape index (κ2) is 16.9.